The fourth-order valence-corrected chi connectivity index (χ4v) is 9.91. The molecule has 0 amide bonds. The van der Waals surface area contributed by atoms with Crippen LogP contribution in [0.5, 0.6) is 0 Å². The summed E-state index contributed by atoms with van der Waals surface area (Å²) in [6.07, 6.45) is 6.94. The second-order valence-corrected chi connectivity index (χ2v) is 16.0. The van der Waals surface area contributed by atoms with Crippen molar-refractivity contribution in [2.45, 2.75) is 24.2 Å². The molecular formula is C24H30N2O7S2Se2. The number of hydrogen-bond donors (Lipinski definition) is 2. The normalized spacial score (nSPS) is 18.6. The van der Waals surface area contributed by atoms with Crippen molar-refractivity contribution in [1.82, 2.24) is 0 Å². The Hall–Kier alpha value is -1.66. The molecule has 2 aromatic rings. The number of rotatable bonds is 10. The van der Waals surface area contributed by atoms with E-state index in [1.807, 2.05) is 36.4 Å². The molecule has 1 unspecified atom stereocenters. The van der Waals surface area contributed by atoms with Crippen LogP contribution in [-0.4, -0.2) is 92.0 Å². The van der Waals surface area contributed by atoms with E-state index in [2.05, 4.69) is 40.2 Å². The summed E-state index contributed by atoms with van der Waals surface area (Å²) < 4.78 is 66.8. The van der Waals surface area contributed by atoms with Gasteiger partial charge in [0.15, 0.2) is 0 Å². The van der Waals surface area contributed by atoms with Crippen LogP contribution in [0.1, 0.15) is 12.8 Å². The summed E-state index contributed by atoms with van der Waals surface area (Å²) in [5.74, 6) is -0.541. The quantitative estimate of drug-likeness (QED) is 0.274. The van der Waals surface area contributed by atoms with Crippen molar-refractivity contribution < 1.29 is 31.4 Å². The third kappa shape index (κ3) is 8.41. The summed E-state index contributed by atoms with van der Waals surface area (Å²) in [7, 11) is -8.01. The van der Waals surface area contributed by atoms with E-state index in [0.29, 0.717) is 40.9 Å². The molecule has 2 heterocycles. The Bertz CT molecular complexity index is 1360. The molecule has 9 nitrogen and oxygen atoms in total. The Kier molecular flexibility index (Phi) is 10.4. The first-order valence-electron chi connectivity index (χ1n) is 11.4. The Labute approximate surface area is 230 Å². The molecule has 0 spiro atoms. The zero-order chi connectivity index (χ0) is 25.8. The van der Waals surface area contributed by atoms with Crippen molar-refractivity contribution in [2.75, 3.05) is 34.4 Å². The summed E-state index contributed by atoms with van der Waals surface area (Å²) in [5.41, 5.74) is 2.19. The molecule has 2 aromatic carbocycles. The van der Waals surface area contributed by atoms with Crippen LogP contribution in [0.3, 0.4) is 0 Å². The maximum absolute atomic E-state index is 11.2. The fourth-order valence-electron chi connectivity index (χ4n) is 4.20. The molecule has 202 valence electrons. The zero-order valence-corrected chi connectivity index (χ0v) is 25.0. The number of hydrogen-bond acceptors (Lipinski definition) is 6. The first-order valence-corrected chi connectivity index (χ1v) is 18.4. The zero-order valence-electron chi connectivity index (χ0n) is 19.9. The van der Waals surface area contributed by atoms with Gasteiger partial charge in [-0.05, 0) is 0 Å². The summed E-state index contributed by atoms with van der Waals surface area (Å²) in [6.45, 7) is 1.02. The average Bonchev–Trinajstić information content (AvgIpc) is 3.16. The Balaban J connectivity index is 0.00000380. The van der Waals surface area contributed by atoms with E-state index < -0.39 is 20.2 Å². The minimum absolute atomic E-state index is 0. The Morgan fingerprint density at radius 3 is 2.14 bits per heavy atom. The van der Waals surface area contributed by atoms with Gasteiger partial charge in [-0.15, -0.1) is 0 Å². The van der Waals surface area contributed by atoms with Crippen molar-refractivity contribution in [3.8, 4) is 0 Å². The van der Waals surface area contributed by atoms with Gasteiger partial charge in [0.05, 0.1) is 0 Å². The maximum atomic E-state index is 11.2. The van der Waals surface area contributed by atoms with E-state index in [9.17, 15) is 16.8 Å². The molecule has 1 atom stereocenters. The second kappa shape index (κ2) is 12.9. The molecule has 0 bridgehead atoms. The standard InChI is InChI=1S/C24H28N2O6S2Se2.H2O/c27-33(28,29)16-6-14-25-19(18-35-22-11-3-1-9-20(22)25)8-5-13-24-26(15-7-17-34(30,31)32)21-10-2-4-12-23(21)36-24;/h1-5,8-13,19H,6-7,14-18H2,(H,27,28,29)(H,30,31,32);1H2. The van der Waals surface area contributed by atoms with E-state index in [4.69, 9.17) is 9.11 Å². The number of allylic oxidation sites excluding steroid dienone is 2. The average molecular weight is 681 g/mol. The third-order valence-electron chi connectivity index (χ3n) is 5.78. The van der Waals surface area contributed by atoms with Crippen molar-refractivity contribution in [1.29, 1.82) is 0 Å². The van der Waals surface area contributed by atoms with Gasteiger partial charge < -0.3 is 5.48 Å². The predicted molar refractivity (Wildman–Crippen MR) is 150 cm³/mol. The molecule has 0 aliphatic carbocycles. The van der Waals surface area contributed by atoms with Gasteiger partial charge in [-0.25, -0.2) is 0 Å². The van der Waals surface area contributed by atoms with Crippen molar-refractivity contribution in [2.24, 2.45) is 0 Å². The van der Waals surface area contributed by atoms with Crippen molar-refractivity contribution in [3.63, 3.8) is 0 Å². The number of benzene rings is 2. The fraction of sp³-hybridized carbons (Fsp3) is 0.333. The molecule has 2 aliphatic heterocycles. The molecule has 0 saturated heterocycles. The first-order chi connectivity index (χ1) is 17.1. The molecule has 13 heteroatoms. The molecule has 4 rings (SSSR count). The van der Waals surface area contributed by atoms with Gasteiger partial charge in [0, 0.05) is 0 Å². The van der Waals surface area contributed by atoms with E-state index in [0.717, 1.165) is 21.3 Å². The predicted octanol–water partition coefficient (Wildman–Crippen LogP) is 0.601. The Morgan fingerprint density at radius 1 is 0.865 bits per heavy atom. The van der Waals surface area contributed by atoms with Gasteiger partial charge in [0.1, 0.15) is 0 Å². The molecular weight excluding hydrogens is 650 g/mol. The molecule has 0 radical (unpaired) electrons. The monoisotopic (exact) mass is 682 g/mol. The summed E-state index contributed by atoms with van der Waals surface area (Å²) >= 11 is 0.380. The van der Waals surface area contributed by atoms with E-state index in [1.54, 1.807) is 0 Å². The summed E-state index contributed by atoms with van der Waals surface area (Å²) in [5, 5.41) is 0.957. The molecule has 0 saturated carbocycles. The summed E-state index contributed by atoms with van der Waals surface area (Å²) in [4.78, 5) is 4.36. The van der Waals surface area contributed by atoms with E-state index in [-0.39, 0.29) is 38.0 Å². The van der Waals surface area contributed by atoms with Crippen LogP contribution in [-0.2, 0) is 20.2 Å². The van der Waals surface area contributed by atoms with Crippen LogP contribution in [0, 0.1) is 0 Å². The van der Waals surface area contributed by atoms with Crippen LogP contribution in [0.2, 0.25) is 5.32 Å². The van der Waals surface area contributed by atoms with Gasteiger partial charge in [-0.2, -0.15) is 0 Å². The van der Waals surface area contributed by atoms with Gasteiger partial charge in [-0.1, -0.05) is 0 Å². The minimum atomic E-state index is -4.00. The Morgan fingerprint density at radius 2 is 1.46 bits per heavy atom. The van der Waals surface area contributed by atoms with Crippen LogP contribution in [0.15, 0.2) is 71.4 Å². The van der Waals surface area contributed by atoms with Crippen LogP contribution < -0.4 is 18.7 Å². The number of fused-ring (bicyclic) bond motifs is 2. The van der Waals surface area contributed by atoms with Gasteiger partial charge in [-0.3, -0.25) is 0 Å². The van der Waals surface area contributed by atoms with Gasteiger partial charge >= 0.3 is 226 Å². The number of anilines is 2. The molecule has 2 aliphatic rings. The second-order valence-electron chi connectivity index (χ2n) is 8.43. The van der Waals surface area contributed by atoms with Gasteiger partial charge in [0.25, 0.3) is 0 Å². The number of nitrogens with zero attached hydrogens (tertiary/aromatic N) is 2. The van der Waals surface area contributed by atoms with Crippen LogP contribution in [0.25, 0.3) is 0 Å². The SMILES string of the molecule is O.O=S(=O)(O)CCCN1C(=CC=CC2C[Se]c3ccccc3N2CCCS(=O)(=O)O)[Se]c2ccccc21. The van der Waals surface area contributed by atoms with E-state index in [1.165, 1.54) is 8.92 Å². The molecule has 0 aromatic heterocycles. The number of para-hydroxylation sites is 2. The topological polar surface area (TPSA) is 147 Å². The first kappa shape index (κ1) is 29.9. The van der Waals surface area contributed by atoms with Crippen LogP contribution >= 0.6 is 0 Å². The van der Waals surface area contributed by atoms with Crippen molar-refractivity contribution in [3.05, 3.63) is 71.4 Å². The molecule has 4 N–H and O–H groups in total. The third-order valence-corrected chi connectivity index (χ3v) is 12.2. The summed E-state index contributed by atoms with van der Waals surface area (Å²) in [6, 6.07) is 16.4. The van der Waals surface area contributed by atoms with Crippen molar-refractivity contribution >= 4 is 70.4 Å². The molecule has 37 heavy (non-hydrogen) atoms. The van der Waals surface area contributed by atoms with E-state index >= 15 is 0 Å². The van der Waals surface area contributed by atoms with Crippen LogP contribution in [0.4, 0.5) is 11.4 Å². The molecule has 0 fully saturated rings. The van der Waals surface area contributed by atoms with Gasteiger partial charge in [0.2, 0.25) is 0 Å².